The predicted octanol–water partition coefficient (Wildman–Crippen LogP) is 3.38. The van der Waals surface area contributed by atoms with Crippen LogP contribution in [0.1, 0.15) is 53.9 Å². The van der Waals surface area contributed by atoms with E-state index in [-0.39, 0.29) is 0 Å². The quantitative estimate of drug-likeness (QED) is 0.714. The van der Waals surface area contributed by atoms with Crippen molar-refractivity contribution in [2.75, 3.05) is 26.2 Å². The molecular formula is C16H34N2. The summed E-state index contributed by atoms with van der Waals surface area (Å²) in [6.07, 6.45) is 4.14. The Balaban J connectivity index is 2.26. The Morgan fingerprint density at radius 1 is 1.11 bits per heavy atom. The highest BCUT2D eigenvalue weighted by Crippen LogP contribution is 2.20. The van der Waals surface area contributed by atoms with Crippen LogP contribution < -0.4 is 5.32 Å². The number of rotatable bonds is 8. The normalized spacial score (nSPS) is 23.2. The zero-order chi connectivity index (χ0) is 13.5. The number of nitrogens with zero attached hydrogens (tertiary/aromatic N) is 1. The van der Waals surface area contributed by atoms with Crippen molar-refractivity contribution in [2.24, 2.45) is 17.8 Å². The van der Waals surface area contributed by atoms with E-state index >= 15 is 0 Å². The topological polar surface area (TPSA) is 15.3 Å². The molecule has 1 rings (SSSR count). The Morgan fingerprint density at radius 3 is 2.44 bits per heavy atom. The lowest BCUT2D eigenvalue weighted by Gasteiger charge is -2.28. The molecule has 0 bridgehead atoms. The Morgan fingerprint density at radius 2 is 1.83 bits per heavy atom. The van der Waals surface area contributed by atoms with Crippen LogP contribution in [0.3, 0.4) is 0 Å². The van der Waals surface area contributed by atoms with Gasteiger partial charge in [0.1, 0.15) is 0 Å². The Kier molecular flexibility index (Phi) is 7.25. The average molecular weight is 254 g/mol. The highest BCUT2D eigenvalue weighted by Gasteiger charge is 2.25. The SMILES string of the molecule is CC(C)CNCC1CCCN1CC(C)CC(C)C. The standard InChI is InChI=1S/C16H34N2/c1-13(2)9-15(5)12-18-8-6-7-16(18)11-17-10-14(3)4/h13-17H,6-12H2,1-5H3. The van der Waals surface area contributed by atoms with Gasteiger partial charge >= 0.3 is 0 Å². The van der Waals surface area contributed by atoms with Crippen LogP contribution in [0.2, 0.25) is 0 Å². The molecule has 0 radical (unpaired) electrons. The van der Waals surface area contributed by atoms with Gasteiger partial charge in [0.2, 0.25) is 0 Å². The fraction of sp³-hybridized carbons (Fsp3) is 1.00. The summed E-state index contributed by atoms with van der Waals surface area (Å²) < 4.78 is 0. The molecule has 1 saturated heterocycles. The first-order valence-electron chi connectivity index (χ1n) is 7.93. The summed E-state index contributed by atoms with van der Waals surface area (Å²) in [5.41, 5.74) is 0. The summed E-state index contributed by atoms with van der Waals surface area (Å²) >= 11 is 0. The molecule has 2 unspecified atom stereocenters. The molecule has 1 heterocycles. The van der Waals surface area contributed by atoms with Crippen LogP contribution in [-0.2, 0) is 0 Å². The molecule has 0 aromatic rings. The van der Waals surface area contributed by atoms with E-state index in [2.05, 4.69) is 44.8 Å². The number of hydrogen-bond acceptors (Lipinski definition) is 2. The van der Waals surface area contributed by atoms with Crippen LogP contribution >= 0.6 is 0 Å². The van der Waals surface area contributed by atoms with Crippen molar-refractivity contribution < 1.29 is 0 Å². The molecule has 2 nitrogen and oxygen atoms in total. The molecule has 0 aromatic heterocycles. The summed E-state index contributed by atoms with van der Waals surface area (Å²) in [5, 5.41) is 3.63. The lowest BCUT2D eigenvalue weighted by molar-refractivity contribution is 0.203. The molecular weight excluding hydrogens is 220 g/mol. The summed E-state index contributed by atoms with van der Waals surface area (Å²) in [7, 11) is 0. The lowest BCUT2D eigenvalue weighted by atomic mass is 9.98. The van der Waals surface area contributed by atoms with E-state index in [1.165, 1.54) is 38.9 Å². The summed E-state index contributed by atoms with van der Waals surface area (Å²) in [4.78, 5) is 2.72. The first kappa shape index (κ1) is 16.0. The number of hydrogen-bond donors (Lipinski definition) is 1. The van der Waals surface area contributed by atoms with Gasteiger partial charge in [0.15, 0.2) is 0 Å². The fourth-order valence-corrected chi connectivity index (χ4v) is 3.18. The van der Waals surface area contributed by atoms with Crippen molar-refractivity contribution >= 4 is 0 Å². The van der Waals surface area contributed by atoms with Gasteiger partial charge in [-0.15, -0.1) is 0 Å². The predicted molar refractivity (Wildman–Crippen MR) is 80.9 cm³/mol. The van der Waals surface area contributed by atoms with Gasteiger partial charge < -0.3 is 5.32 Å². The van der Waals surface area contributed by atoms with Crippen LogP contribution in [-0.4, -0.2) is 37.1 Å². The van der Waals surface area contributed by atoms with Crippen LogP contribution in [0.4, 0.5) is 0 Å². The summed E-state index contributed by atoms with van der Waals surface area (Å²) in [6, 6.07) is 0.790. The molecule has 1 fully saturated rings. The van der Waals surface area contributed by atoms with Crippen molar-refractivity contribution in [1.82, 2.24) is 10.2 Å². The molecule has 0 saturated carbocycles. The van der Waals surface area contributed by atoms with Crippen LogP contribution in [0.15, 0.2) is 0 Å². The summed E-state index contributed by atoms with van der Waals surface area (Å²) in [5.74, 6) is 2.44. The van der Waals surface area contributed by atoms with E-state index in [0.29, 0.717) is 0 Å². The second kappa shape index (κ2) is 8.16. The molecule has 1 N–H and O–H groups in total. The minimum Gasteiger partial charge on any atom is -0.315 e. The Labute approximate surface area is 115 Å². The molecule has 1 aliphatic rings. The van der Waals surface area contributed by atoms with Gasteiger partial charge in [0, 0.05) is 19.1 Å². The van der Waals surface area contributed by atoms with E-state index < -0.39 is 0 Å². The fourth-order valence-electron chi connectivity index (χ4n) is 3.18. The van der Waals surface area contributed by atoms with Gasteiger partial charge in [-0.25, -0.2) is 0 Å². The molecule has 1 aliphatic heterocycles. The Bertz CT molecular complexity index is 213. The largest absolute Gasteiger partial charge is 0.315 e. The maximum Gasteiger partial charge on any atom is 0.0221 e. The number of likely N-dealkylation sites (tertiary alicyclic amines) is 1. The summed E-state index contributed by atoms with van der Waals surface area (Å²) in [6.45, 7) is 16.6. The van der Waals surface area contributed by atoms with E-state index in [9.17, 15) is 0 Å². The van der Waals surface area contributed by atoms with Gasteiger partial charge in [-0.3, -0.25) is 4.90 Å². The molecule has 18 heavy (non-hydrogen) atoms. The second-order valence-electron chi connectivity index (χ2n) is 7.08. The molecule has 0 aliphatic carbocycles. The second-order valence-corrected chi connectivity index (χ2v) is 7.08. The third-order valence-electron chi connectivity index (χ3n) is 3.85. The zero-order valence-corrected chi connectivity index (χ0v) is 13.2. The molecule has 0 spiro atoms. The van der Waals surface area contributed by atoms with Crippen LogP contribution in [0.5, 0.6) is 0 Å². The van der Waals surface area contributed by atoms with Crippen molar-refractivity contribution in [3.05, 3.63) is 0 Å². The third-order valence-corrected chi connectivity index (χ3v) is 3.85. The lowest BCUT2D eigenvalue weighted by Crippen LogP contribution is -2.41. The smallest absolute Gasteiger partial charge is 0.0221 e. The van der Waals surface area contributed by atoms with Gasteiger partial charge in [-0.2, -0.15) is 0 Å². The first-order chi connectivity index (χ1) is 8.49. The van der Waals surface area contributed by atoms with Gasteiger partial charge in [0.25, 0.3) is 0 Å². The van der Waals surface area contributed by atoms with Crippen LogP contribution in [0, 0.1) is 17.8 Å². The minimum absolute atomic E-state index is 0.764. The maximum absolute atomic E-state index is 3.63. The van der Waals surface area contributed by atoms with Crippen molar-refractivity contribution in [1.29, 1.82) is 0 Å². The van der Waals surface area contributed by atoms with E-state index in [4.69, 9.17) is 0 Å². The van der Waals surface area contributed by atoms with Crippen LogP contribution in [0.25, 0.3) is 0 Å². The monoisotopic (exact) mass is 254 g/mol. The Hall–Kier alpha value is -0.0800. The molecule has 2 atom stereocenters. The van der Waals surface area contributed by atoms with E-state index in [1.54, 1.807) is 0 Å². The molecule has 0 aromatic carbocycles. The average Bonchev–Trinajstić information content (AvgIpc) is 2.63. The first-order valence-corrected chi connectivity index (χ1v) is 7.93. The van der Waals surface area contributed by atoms with E-state index in [0.717, 1.165) is 30.3 Å². The highest BCUT2D eigenvalue weighted by molar-refractivity contribution is 4.82. The van der Waals surface area contributed by atoms with Gasteiger partial charge in [-0.1, -0.05) is 34.6 Å². The van der Waals surface area contributed by atoms with Crippen molar-refractivity contribution in [2.45, 2.75) is 59.9 Å². The minimum atomic E-state index is 0.764. The molecule has 0 amide bonds. The molecule has 108 valence electrons. The van der Waals surface area contributed by atoms with E-state index in [1.807, 2.05) is 0 Å². The van der Waals surface area contributed by atoms with Gasteiger partial charge in [0.05, 0.1) is 0 Å². The molecule has 2 heteroatoms. The number of nitrogens with one attached hydrogen (secondary N) is 1. The van der Waals surface area contributed by atoms with Gasteiger partial charge in [-0.05, 0) is 50.1 Å². The zero-order valence-electron chi connectivity index (χ0n) is 13.2. The van der Waals surface area contributed by atoms with Crippen molar-refractivity contribution in [3.63, 3.8) is 0 Å². The maximum atomic E-state index is 3.63. The highest BCUT2D eigenvalue weighted by atomic mass is 15.2. The third kappa shape index (κ3) is 6.19. The van der Waals surface area contributed by atoms with Crippen molar-refractivity contribution in [3.8, 4) is 0 Å².